The molecule has 0 aliphatic heterocycles. The minimum atomic E-state index is -4.11. The van der Waals surface area contributed by atoms with Crippen molar-refractivity contribution in [2.75, 3.05) is 0 Å². The van der Waals surface area contributed by atoms with Gasteiger partial charge in [-0.05, 0) is 11.6 Å². The molecule has 0 aliphatic carbocycles. The maximum absolute atomic E-state index is 11.0. The molecule has 0 rings (SSSR count). The van der Waals surface area contributed by atoms with Crippen molar-refractivity contribution in [1.82, 2.24) is 0 Å². The zero-order valence-electron chi connectivity index (χ0n) is 5.70. The molecule has 0 bridgehead atoms. The van der Waals surface area contributed by atoms with E-state index in [2.05, 4.69) is 11.6 Å². The Hall–Kier alpha value is 0.880. The smallest absolute Gasteiger partial charge is 1.00 e. The van der Waals surface area contributed by atoms with E-state index in [4.69, 9.17) is 9.90 Å². The van der Waals surface area contributed by atoms with E-state index in [-0.39, 0.29) is 40.6 Å². The Bertz CT molecular complexity index is 97.7. The summed E-state index contributed by atoms with van der Waals surface area (Å²) in [5, 5.41) is 3.26. The zero-order valence-corrected chi connectivity index (χ0v) is 6.66. The molecule has 0 saturated heterocycles. The molecule has 8 heavy (non-hydrogen) atoms. The first-order valence-corrected chi connectivity index (χ1v) is 1.62. The van der Waals surface area contributed by atoms with E-state index in [0.717, 1.165) is 0 Å². The van der Waals surface area contributed by atoms with Gasteiger partial charge in [-0.1, -0.05) is 0 Å². The number of hydrogen-bond acceptors (Lipinski definition) is 1. The van der Waals surface area contributed by atoms with Crippen molar-refractivity contribution in [3.05, 3.63) is 0 Å². The predicted octanol–water partition coefficient (Wildman–Crippen LogP) is 0.747. The largest absolute Gasteiger partial charge is 2.00 e. The Morgan fingerprint density at radius 1 is 1.75 bits per heavy atom. The second kappa shape index (κ2) is 3.82. The van der Waals surface area contributed by atoms with Crippen LogP contribution in [0.4, 0.5) is 8.78 Å². The number of halogens is 3. The van der Waals surface area contributed by atoms with E-state index < -0.39 is 11.4 Å². The van der Waals surface area contributed by atoms with Gasteiger partial charge in [-0.15, -0.1) is 0 Å². The SMILES string of the molecule is O=C(O)C(F)(F)Cl.[Ca+2].[H-].[H-]. The molecule has 0 atom stereocenters. The third kappa shape index (κ3) is 5.03. The molecular weight excluding hydrogens is 170 g/mol. The second-order valence-electron chi connectivity index (χ2n) is 0.803. The van der Waals surface area contributed by atoms with Crippen LogP contribution in [0.3, 0.4) is 0 Å². The maximum Gasteiger partial charge on any atom is 2.00 e. The normalized spacial score (nSPS) is 9.88. The van der Waals surface area contributed by atoms with Gasteiger partial charge in [0.15, 0.2) is 0 Å². The Labute approximate surface area is 81.8 Å². The summed E-state index contributed by atoms with van der Waals surface area (Å²) in [5.74, 6) is -2.32. The van der Waals surface area contributed by atoms with E-state index >= 15 is 0 Å². The van der Waals surface area contributed by atoms with Gasteiger partial charge in [0.2, 0.25) is 0 Å². The fourth-order valence-corrected chi connectivity index (χ4v) is 0. The van der Waals surface area contributed by atoms with Crippen LogP contribution in [0.2, 0.25) is 0 Å². The van der Waals surface area contributed by atoms with Crippen molar-refractivity contribution in [1.29, 1.82) is 0 Å². The standard InChI is InChI=1S/C2HClF2O2.Ca.2H/c3-2(4,5)1(6)7;;;/h(H,6,7);;;/q;+2;2*-1. The first-order valence-electron chi connectivity index (χ1n) is 1.24. The fraction of sp³-hybridized carbons (Fsp3) is 0.500. The van der Waals surface area contributed by atoms with Crippen LogP contribution in [-0.2, 0) is 4.79 Å². The van der Waals surface area contributed by atoms with Gasteiger partial charge < -0.3 is 7.96 Å². The van der Waals surface area contributed by atoms with Crippen LogP contribution in [0.1, 0.15) is 2.85 Å². The molecular formula is C2H3CaClF2O2. The summed E-state index contributed by atoms with van der Waals surface area (Å²) >= 11 is 3.94. The minimum Gasteiger partial charge on any atom is -1.00 e. The molecule has 0 aromatic carbocycles. The molecule has 6 heteroatoms. The van der Waals surface area contributed by atoms with Crippen molar-refractivity contribution in [2.45, 2.75) is 5.38 Å². The number of carboxylic acid groups (broad SMARTS) is 1. The molecule has 0 unspecified atom stereocenters. The average molecular weight is 173 g/mol. The molecule has 0 radical (unpaired) electrons. The van der Waals surface area contributed by atoms with Gasteiger partial charge in [-0.3, -0.25) is 0 Å². The minimum absolute atomic E-state index is 0. The van der Waals surface area contributed by atoms with Gasteiger partial charge >= 0.3 is 49.1 Å². The third-order valence-corrected chi connectivity index (χ3v) is 0.404. The summed E-state index contributed by atoms with van der Waals surface area (Å²) in [6.45, 7) is 0. The molecule has 0 fully saturated rings. The van der Waals surface area contributed by atoms with Gasteiger partial charge in [0.1, 0.15) is 0 Å². The monoisotopic (exact) mass is 172 g/mol. The third-order valence-electron chi connectivity index (χ3n) is 0.243. The Morgan fingerprint density at radius 2 is 1.88 bits per heavy atom. The Morgan fingerprint density at radius 3 is 1.88 bits per heavy atom. The number of hydrogen-bond donors (Lipinski definition) is 1. The predicted molar refractivity (Wildman–Crippen MR) is 26.4 cm³/mol. The molecule has 46 valence electrons. The van der Waals surface area contributed by atoms with Crippen LogP contribution < -0.4 is 0 Å². The second-order valence-corrected chi connectivity index (χ2v) is 1.28. The molecule has 0 spiro atoms. The number of aliphatic carboxylic acids is 1. The fourth-order valence-electron chi connectivity index (χ4n) is 0. The Balaban J connectivity index is -0.0000000600. The molecule has 0 heterocycles. The average Bonchev–Trinajstić information content (AvgIpc) is 1.31. The van der Waals surface area contributed by atoms with E-state index in [1.165, 1.54) is 0 Å². The number of carboxylic acids is 1. The number of carbonyl (C=O) groups is 1. The van der Waals surface area contributed by atoms with Crippen molar-refractivity contribution < 1.29 is 21.5 Å². The summed E-state index contributed by atoms with van der Waals surface area (Å²) in [6, 6.07) is 0. The van der Waals surface area contributed by atoms with Gasteiger partial charge in [0.25, 0.3) is 0 Å². The zero-order chi connectivity index (χ0) is 6.08. The van der Waals surface area contributed by atoms with Crippen molar-refractivity contribution >= 4 is 55.3 Å². The molecule has 0 aromatic rings. The van der Waals surface area contributed by atoms with Crippen LogP contribution in [0.25, 0.3) is 0 Å². The summed E-state index contributed by atoms with van der Waals surface area (Å²) in [4.78, 5) is 9.14. The molecule has 0 aromatic heterocycles. The number of rotatable bonds is 1. The van der Waals surface area contributed by atoms with Gasteiger partial charge in [-0.2, -0.15) is 8.78 Å². The van der Waals surface area contributed by atoms with Crippen molar-refractivity contribution in [3.8, 4) is 0 Å². The maximum atomic E-state index is 11.0. The molecule has 0 aliphatic rings. The summed E-state index contributed by atoms with van der Waals surface area (Å²) in [6.07, 6.45) is 0. The van der Waals surface area contributed by atoms with Crippen molar-refractivity contribution in [3.63, 3.8) is 0 Å². The van der Waals surface area contributed by atoms with E-state index in [1.807, 2.05) is 0 Å². The van der Waals surface area contributed by atoms with Crippen LogP contribution in [0.5, 0.6) is 0 Å². The van der Waals surface area contributed by atoms with Crippen LogP contribution in [-0.4, -0.2) is 54.2 Å². The van der Waals surface area contributed by atoms with E-state index in [1.54, 1.807) is 0 Å². The van der Waals surface area contributed by atoms with Crippen molar-refractivity contribution in [2.24, 2.45) is 0 Å². The summed E-state index contributed by atoms with van der Waals surface area (Å²) < 4.78 is 22.0. The first kappa shape index (κ1) is 11.6. The van der Waals surface area contributed by atoms with Crippen LogP contribution in [0, 0.1) is 0 Å². The molecule has 1 N–H and O–H groups in total. The van der Waals surface area contributed by atoms with Crippen LogP contribution in [0.15, 0.2) is 0 Å². The molecule has 2 nitrogen and oxygen atoms in total. The summed E-state index contributed by atoms with van der Waals surface area (Å²) in [5.41, 5.74) is 0. The van der Waals surface area contributed by atoms with E-state index in [0.29, 0.717) is 0 Å². The molecule has 0 saturated carbocycles. The molecule has 0 amide bonds. The van der Waals surface area contributed by atoms with E-state index in [9.17, 15) is 8.78 Å². The van der Waals surface area contributed by atoms with Gasteiger partial charge in [0, 0.05) is 0 Å². The first-order chi connectivity index (χ1) is 2.94. The Kier molecular flexibility index (Phi) is 5.56. The number of alkyl halides is 3. The van der Waals surface area contributed by atoms with Gasteiger partial charge in [-0.25, -0.2) is 4.79 Å². The van der Waals surface area contributed by atoms with Gasteiger partial charge in [0.05, 0.1) is 0 Å². The quantitative estimate of drug-likeness (QED) is 0.468. The summed E-state index contributed by atoms with van der Waals surface area (Å²) in [7, 11) is 0. The topological polar surface area (TPSA) is 37.3 Å². The van der Waals surface area contributed by atoms with Crippen LogP contribution >= 0.6 is 11.6 Å².